The summed E-state index contributed by atoms with van der Waals surface area (Å²) in [6.07, 6.45) is 13.0. The van der Waals surface area contributed by atoms with Crippen LogP contribution in [-0.2, 0) is 19.0 Å². The van der Waals surface area contributed by atoms with Crippen molar-refractivity contribution in [2.75, 3.05) is 13.7 Å². The van der Waals surface area contributed by atoms with E-state index in [0.717, 1.165) is 12.8 Å². The quantitative estimate of drug-likeness (QED) is 0.353. The lowest BCUT2D eigenvalue weighted by atomic mass is 9.93. The van der Waals surface area contributed by atoms with Gasteiger partial charge >= 0.3 is 5.97 Å². The van der Waals surface area contributed by atoms with Gasteiger partial charge in [0.05, 0.1) is 12.6 Å². The molecule has 140 valence electrons. The van der Waals surface area contributed by atoms with E-state index in [2.05, 4.69) is 26.0 Å². The van der Waals surface area contributed by atoms with Gasteiger partial charge in [0.15, 0.2) is 0 Å². The number of hydrogen-bond donors (Lipinski definition) is 1. The monoisotopic (exact) mass is 341 g/mol. The summed E-state index contributed by atoms with van der Waals surface area (Å²) in [5.74, 6) is -0.214. The van der Waals surface area contributed by atoms with Crippen LogP contribution in [0.3, 0.4) is 0 Å². The third-order valence-electron chi connectivity index (χ3n) is 4.50. The van der Waals surface area contributed by atoms with Gasteiger partial charge in [-0.2, -0.15) is 0 Å². The maximum absolute atomic E-state index is 11.5. The summed E-state index contributed by atoms with van der Waals surface area (Å²) >= 11 is 0. The normalized spacial score (nSPS) is 27.5. The highest BCUT2D eigenvalue weighted by Crippen LogP contribution is 2.28. The molecule has 0 aliphatic carbocycles. The maximum atomic E-state index is 11.5. The minimum Gasteiger partial charge on any atom is -0.432 e. The van der Waals surface area contributed by atoms with Gasteiger partial charge in [0.25, 0.3) is 0 Å². The van der Waals surface area contributed by atoms with Crippen LogP contribution in [0.25, 0.3) is 0 Å². The van der Waals surface area contributed by atoms with E-state index in [-0.39, 0.29) is 24.7 Å². The SMILES string of the molecule is CCCCCCCC/C=C/C1C[C@H](C)[C@H](OC)[C@@H](OC(=O)CN)O1. The Hall–Kier alpha value is -0.910. The second kappa shape index (κ2) is 12.5. The van der Waals surface area contributed by atoms with Crippen molar-refractivity contribution in [1.82, 2.24) is 0 Å². The van der Waals surface area contributed by atoms with Crippen LogP contribution in [0.2, 0.25) is 0 Å². The number of ether oxygens (including phenoxy) is 3. The molecule has 4 atom stereocenters. The van der Waals surface area contributed by atoms with Gasteiger partial charge in [-0.05, 0) is 25.2 Å². The van der Waals surface area contributed by atoms with Gasteiger partial charge in [-0.15, -0.1) is 0 Å². The van der Waals surface area contributed by atoms with Crippen LogP contribution in [0.5, 0.6) is 0 Å². The number of rotatable bonds is 11. The lowest BCUT2D eigenvalue weighted by molar-refractivity contribution is -0.244. The van der Waals surface area contributed by atoms with Gasteiger partial charge in [0, 0.05) is 7.11 Å². The summed E-state index contributed by atoms with van der Waals surface area (Å²) in [6, 6.07) is 0. The van der Waals surface area contributed by atoms with Crippen LogP contribution in [0.1, 0.15) is 65.2 Å². The first kappa shape index (κ1) is 21.1. The molecule has 1 saturated heterocycles. The van der Waals surface area contributed by atoms with E-state index in [0.29, 0.717) is 0 Å². The number of unbranched alkanes of at least 4 members (excludes halogenated alkanes) is 6. The number of hydrogen-bond acceptors (Lipinski definition) is 5. The van der Waals surface area contributed by atoms with Gasteiger partial charge in [0.1, 0.15) is 6.10 Å². The molecule has 2 N–H and O–H groups in total. The standard InChI is InChI=1S/C19H35NO4/c1-4-5-6-7-8-9-10-11-12-16-13-15(2)18(22-3)19(23-16)24-17(21)14-20/h11-12,15-16,18-19H,4-10,13-14,20H2,1-3H3/b12-11+/t15-,16?,18-,19+/m0/s1. The Morgan fingerprint density at radius 2 is 1.96 bits per heavy atom. The second-order valence-corrected chi connectivity index (χ2v) is 6.63. The molecular weight excluding hydrogens is 306 g/mol. The first-order valence-corrected chi connectivity index (χ1v) is 9.36. The predicted molar refractivity (Wildman–Crippen MR) is 95.5 cm³/mol. The second-order valence-electron chi connectivity index (χ2n) is 6.63. The van der Waals surface area contributed by atoms with E-state index in [1.165, 1.54) is 38.5 Å². The van der Waals surface area contributed by atoms with Crippen LogP contribution in [0, 0.1) is 5.92 Å². The Kier molecular flexibility index (Phi) is 11.0. The summed E-state index contributed by atoms with van der Waals surface area (Å²) in [4.78, 5) is 11.5. The minimum atomic E-state index is -0.682. The summed E-state index contributed by atoms with van der Waals surface area (Å²) < 4.78 is 16.6. The van der Waals surface area contributed by atoms with Crippen molar-refractivity contribution in [3.63, 3.8) is 0 Å². The summed E-state index contributed by atoms with van der Waals surface area (Å²) in [5.41, 5.74) is 5.32. The van der Waals surface area contributed by atoms with Gasteiger partial charge < -0.3 is 19.9 Å². The van der Waals surface area contributed by atoms with Gasteiger partial charge in [-0.1, -0.05) is 58.1 Å². The fourth-order valence-electron chi connectivity index (χ4n) is 3.10. The van der Waals surface area contributed by atoms with E-state index >= 15 is 0 Å². The highest BCUT2D eigenvalue weighted by Gasteiger charge is 2.38. The van der Waals surface area contributed by atoms with Gasteiger partial charge in [-0.3, -0.25) is 4.79 Å². The first-order valence-electron chi connectivity index (χ1n) is 9.36. The van der Waals surface area contributed by atoms with Crippen LogP contribution in [0.4, 0.5) is 0 Å². The predicted octanol–water partition coefficient (Wildman–Crippen LogP) is 3.56. The smallest absolute Gasteiger partial charge is 0.322 e. The Morgan fingerprint density at radius 3 is 2.62 bits per heavy atom. The van der Waals surface area contributed by atoms with Crippen molar-refractivity contribution in [2.24, 2.45) is 11.7 Å². The third-order valence-corrected chi connectivity index (χ3v) is 4.50. The van der Waals surface area contributed by atoms with Crippen LogP contribution < -0.4 is 5.73 Å². The van der Waals surface area contributed by atoms with Crippen molar-refractivity contribution in [1.29, 1.82) is 0 Å². The Balaban J connectivity index is 2.36. The van der Waals surface area contributed by atoms with Crippen molar-refractivity contribution < 1.29 is 19.0 Å². The molecular formula is C19H35NO4. The first-order chi connectivity index (χ1) is 11.6. The highest BCUT2D eigenvalue weighted by atomic mass is 16.7. The molecule has 0 amide bonds. The van der Waals surface area contributed by atoms with Crippen molar-refractivity contribution >= 4 is 5.97 Å². The molecule has 0 spiro atoms. The number of methoxy groups -OCH3 is 1. The number of carbonyl (C=O) groups is 1. The zero-order valence-electron chi connectivity index (χ0n) is 15.5. The molecule has 5 nitrogen and oxygen atoms in total. The molecule has 1 aliphatic heterocycles. The lowest BCUT2D eigenvalue weighted by Crippen LogP contribution is -2.47. The average Bonchev–Trinajstić information content (AvgIpc) is 2.57. The van der Waals surface area contributed by atoms with Crippen molar-refractivity contribution in [3.8, 4) is 0 Å². The highest BCUT2D eigenvalue weighted by molar-refractivity contribution is 5.71. The van der Waals surface area contributed by atoms with E-state index in [1.54, 1.807) is 7.11 Å². The Morgan fingerprint density at radius 1 is 1.25 bits per heavy atom. The van der Waals surface area contributed by atoms with E-state index in [1.807, 2.05) is 0 Å². The largest absolute Gasteiger partial charge is 0.432 e. The molecule has 0 aromatic carbocycles. The number of carbonyl (C=O) groups excluding carboxylic acids is 1. The fourth-order valence-corrected chi connectivity index (χ4v) is 3.10. The van der Waals surface area contributed by atoms with Gasteiger partial charge in [-0.25, -0.2) is 0 Å². The van der Waals surface area contributed by atoms with Crippen LogP contribution >= 0.6 is 0 Å². The summed E-state index contributed by atoms with van der Waals surface area (Å²) in [7, 11) is 1.61. The molecule has 0 radical (unpaired) electrons. The zero-order chi connectivity index (χ0) is 17.8. The molecule has 1 fully saturated rings. The molecule has 1 unspecified atom stereocenters. The molecule has 0 bridgehead atoms. The van der Waals surface area contributed by atoms with Crippen LogP contribution in [-0.4, -0.2) is 38.1 Å². The summed E-state index contributed by atoms with van der Waals surface area (Å²) in [5, 5.41) is 0. The van der Waals surface area contributed by atoms with Crippen LogP contribution in [0.15, 0.2) is 12.2 Å². The van der Waals surface area contributed by atoms with Crippen molar-refractivity contribution in [2.45, 2.75) is 83.7 Å². The topological polar surface area (TPSA) is 70.8 Å². The zero-order valence-corrected chi connectivity index (χ0v) is 15.5. The van der Waals surface area contributed by atoms with E-state index < -0.39 is 12.3 Å². The third kappa shape index (κ3) is 7.77. The average molecular weight is 341 g/mol. The van der Waals surface area contributed by atoms with Gasteiger partial charge in [0.2, 0.25) is 6.29 Å². The lowest BCUT2D eigenvalue weighted by Gasteiger charge is -2.38. The molecule has 1 heterocycles. The molecule has 0 saturated carbocycles. The molecule has 24 heavy (non-hydrogen) atoms. The fraction of sp³-hybridized carbons (Fsp3) is 0.842. The number of esters is 1. The Labute approximate surface area is 146 Å². The number of nitrogens with two attached hydrogens (primary N) is 1. The maximum Gasteiger partial charge on any atom is 0.322 e. The van der Waals surface area contributed by atoms with E-state index in [9.17, 15) is 4.79 Å². The molecule has 0 aromatic heterocycles. The van der Waals surface area contributed by atoms with Crippen molar-refractivity contribution in [3.05, 3.63) is 12.2 Å². The minimum absolute atomic E-state index is 0.0398. The Bertz CT molecular complexity index is 372. The molecule has 5 heteroatoms. The summed E-state index contributed by atoms with van der Waals surface area (Å²) in [6.45, 7) is 4.18. The molecule has 0 aromatic rings. The molecule has 1 aliphatic rings. The molecule has 1 rings (SSSR count). The van der Waals surface area contributed by atoms with E-state index in [4.69, 9.17) is 19.9 Å². The number of allylic oxidation sites excluding steroid dienone is 1.